The van der Waals surface area contributed by atoms with Crippen LogP contribution in [0.4, 0.5) is 4.79 Å². The van der Waals surface area contributed by atoms with E-state index in [9.17, 15) is 4.79 Å². The van der Waals surface area contributed by atoms with E-state index < -0.39 is 6.09 Å². The first-order valence-corrected chi connectivity index (χ1v) is 6.83. The second-order valence-corrected chi connectivity index (χ2v) is 5.35. The molecule has 1 saturated carbocycles. The van der Waals surface area contributed by atoms with Gasteiger partial charge in [0.2, 0.25) is 0 Å². The highest BCUT2D eigenvalue weighted by Gasteiger charge is 2.27. The maximum absolute atomic E-state index is 10.9. The van der Waals surface area contributed by atoms with Gasteiger partial charge in [-0.3, -0.25) is 4.68 Å². The number of amides is 1. The molecule has 1 aliphatic heterocycles. The normalized spacial score (nSPS) is 23.6. The number of hydrogen-bond donors (Lipinski definition) is 2. The molecule has 1 aliphatic carbocycles. The predicted octanol–water partition coefficient (Wildman–Crippen LogP) is 0.497. The van der Waals surface area contributed by atoms with Crippen LogP contribution in [0.3, 0.4) is 0 Å². The minimum absolute atomic E-state index is 0.207. The van der Waals surface area contributed by atoms with Gasteiger partial charge in [0, 0.05) is 44.3 Å². The molecular weight excluding hydrogens is 246 g/mol. The molecule has 2 fully saturated rings. The summed E-state index contributed by atoms with van der Waals surface area (Å²) in [6, 6.07) is 0.207. The topological polar surface area (TPSA) is 83.3 Å². The van der Waals surface area contributed by atoms with Crippen LogP contribution < -0.4 is 5.32 Å². The third kappa shape index (κ3) is 3.04. The number of carbonyl (C=O) groups is 1. The molecule has 2 aliphatic rings. The van der Waals surface area contributed by atoms with E-state index in [0.717, 1.165) is 25.2 Å². The van der Waals surface area contributed by atoms with Gasteiger partial charge in [0.1, 0.15) is 0 Å². The SMILES string of the molecule is O=C(O)N1CCN[C@H](CCn2cc(C3CC3)nn2)C1. The highest BCUT2D eigenvalue weighted by atomic mass is 16.4. The Bertz CT molecular complexity index is 457. The average molecular weight is 265 g/mol. The summed E-state index contributed by atoms with van der Waals surface area (Å²) in [5.41, 5.74) is 1.10. The monoisotopic (exact) mass is 265 g/mol. The average Bonchev–Trinajstić information content (AvgIpc) is 3.16. The molecule has 0 aromatic carbocycles. The van der Waals surface area contributed by atoms with Crippen LogP contribution in [-0.2, 0) is 6.54 Å². The predicted molar refractivity (Wildman–Crippen MR) is 68.0 cm³/mol. The summed E-state index contributed by atoms with van der Waals surface area (Å²) in [6.45, 7) is 2.63. The zero-order valence-electron chi connectivity index (χ0n) is 10.8. The van der Waals surface area contributed by atoms with Crippen LogP contribution in [0, 0.1) is 0 Å². The molecule has 1 aromatic rings. The van der Waals surface area contributed by atoms with E-state index >= 15 is 0 Å². The Morgan fingerprint density at radius 3 is 3.11 bits per heavy atom. The number of piperazine rings is 1. The van der Waals surface area contributed by atoms with E-state index in [4.69, 9.17) is 5.11 Å². The Hall–Kier alpha value is -1.63. The number of carboxylic acid groups (broad SMARTS) is 1. The van der Waals surface area contributed by atoms with Gasteiger partial charge in [0.25, 0.3) is 0 Å². The van der Waals surface area contributed by atoms with Crippen molar-refractivity contribution in [2.45, 2.75) is 37.8 Å². The van der Waals surface area contributed by atoms with E-state index in [1.807, 2.05) is 10.9 Å². The van der Waals surface area contributed by atoms with E-state index in [0.29, 0.717) is 19.0 Å². The lowest BCUT2D eigenvalue weighted by Crippen LogP contribution is -2.52. The molecule has 1 amide bonds. The van der Waals surface area contributed by atoms with Crippen molar-refractivity contribution < 1.29 is 9.90 Å². The summed E-state index contributed by atoms with van der Waals surface area (Å²) < 4.78 is 1.87. The lowest BCUT2D eigenvalue weighted by Gasteiger charge is -2.31. The van der Waals surface area contributed by atoms with Crippen molar-refractivity contribution in [2.24, 2.45) is 0 Å². The summed E-state index contributed by atoms with van der Waals surface area (Å²) >= 11 is 0. The van der Waals surface area contributed by atoms with Crippen LogP contribution in [0.25, 0.3) is 0 Å². The maximum Gasteiger partial charge on any atom is 0.407 e. The molecule has 1 saturated heterocycles. The minimum atomic E-state index is -0.830. The van der Waals surface area contributed by atoms with E-state index in [1.54, 1.807) is 0 Å². The second kappa shape index (κ2) is 5.16. The second-order valence-electron chi connectivity index (χ2n) is 5.35. The Morgan fingerprint density at radius 1 is 1.53 bits per heavy atom. The molecule has 19 heavy (non-hydrogen) atoms. The molecule has 7 nitrogen and oxygen atoms in total. The van der Waals surface area contributed by atoms with Gasteiger partial charge in [0.15, 0.2) is 0 Å². The van der Waals surface area contributed by atoms with Gasteiger partial charge >= 0.3 is 6.09 Å². The number of aryl methyl sites for hydroxylation is 1. The van der Waals surface area contributed by atoms with Crippen molar-refractivity contribution in [1.29, 1.82) is 0 Å². The third-order valence-corrected chi connectivity index (χ3v) is 3.78. The third-order valence-electron chi connectivity index (χ3n) is 3.78. The maximum atomic E-state index is 10.9. The molecule has 104 valence electrons. The van der Waals surface area contributed by atoms with Crippen molar-refractivity contribution in [3.05, 3.63) is 11.9 Å². The number of aromatic nitrogens is 3. The molecule has 0 radical (unpaired) electrons. The van der Waals surface area contributed by atoms with Gasteiger partial charge in [-0.2, -0.15) is 0 Å². The zero-order chi connectivity index (χ0) is 13.2. The van der Waals surface area contributed by atoms with Crippen LogP contribution in [0.5, 0.6) is 0 Å². The van der Waals surface area contributed by atoms with Gasteiger partial charge in [-0.25, -0.2) is 4.79 Å². The van der Waals surface area contributed by atoms with Crippen LogP contribution in [-0.4, -0.2) is 56.8 Å². The lowest BCUT2D eigenvalue weighted by atomic mass is 10.1. The van der Waals surface area contributed by atoms with Gasteiger partial charge in [-0.1, -0.05) is 5.21 Å². The Balaban J connectivity index is 1.49. The largest absolute Gasteiger partial charge is 0.465 e. The zero-order valence-corrected chi connectivity index (χ0v) is 10.8. The summed E-state index contributed by atoms with van der Waals surface area (Å²) in [6.07, 6.45) is 4.53. The van der Waals surface area contributed by atoms with Crippen molar-refractivity contribution in [2.75, 3.05) is 19.6 Å². The minimum Gasteiger partial charge on any atom is -0.465 e. The quantitative estimate of drug-likeness (QED) is 0.828. The first kappa shape index (κ1) is 12.4. The number of nitrogens with one attached hydrogen (secondary N) is 1. The van der Waals surface area contributed by atoms with E-state index in [1.165, 1.54) is 17.7 Å². The molecule has 0 unspecified atom stereocenters. The van der Waals surface area contributed by atoms with Crippen molar-refractivity contribution in [3.8, 4) is 0 Å². The number of nitrogens with zero attached hydrogens (tertiary/aromatic N) is 4. The van der Waals surface area contributed by atoms with Crippen molar-refractivity contribution in [3.63, 3.8) is 0 Å². The molecule has 1 aromatic heterocycles. The molecule has 7 heteroatoms. The highest BCUT2D eigenvalue weighted by Crippen LogP contribution is 2.38. The summed E-state index contributed by atoms with van der Waals surface area (Å²) in [5.74, 6) is 0.629. The molecule has 0 bridgehead atoms. The number of rotatable bonds is 4. The van der Waals surface area contributed by atoms with Gasteiger partial charge in [0.05, 0.1) is 5.69 Å². The van der Waals surface area contributed by atoms with E-state index in [-0.39, 0.29) is 6.04 Å². The molecule has 3 rings (SSSR count). The Kier molecular flexibility index (Phi) is 3.37. The van der Waals surface area contributed by atoms with Crippen molar-refractivity contribution in [1.82, 2.24) is 25.2 Å². The Labute approximate surface area is 111 Å². The standard InChI is InChI=1S/C12H19N5O2/c18-12(19)16-6-4-13-10(7-16)3-5-17-8-11(14-15-17)9-1-2-9/h8-10,13H,1-7H2,(H,18,19)/t10-/m1/s1. The van der Waals surface area contributed by atoms with Gasteiger partial charge in [-0.05, 0) is 19.3 Å². The molecular formula is C12H19N5O2. The fourth-order valence-electron chi connectivity index (χ4n) is 2.47. The fourth-order valence-corrected chi connectivity index (χ4v) is 2.47. The van der Waals surface area contributed by atoms with Crippen LogP contribution in [0.1, 0.15) is 30.9 Å². The molecule has 2 N–H and O–H groups in total. The van der Waals surface area contributed by atoms with Crippen LogP contribution in [0.15, 0.2) is 6.20 Å². The van der Waals surface area contributed by atoms with Gasteiger partial charge < -0.3 is 15.3 Å². The van der Waals surface area contributed by atoms with Crippen molar-refractivity contribution >= 4 is 6.09 Å². The van der Waals surface area contributed by atoms with Crippen LogP contribution >= 0.6 is 0 Å². The number of hydrogen-bond acceptors (Lipinski definition) is 4. The summed E-state index contributed by atoms with van der Waals surface area (Å²) in [4.78, 5) is 12.4. The lowest BCUT2D eigenvalue weighted by molar-refractivity contribution is 0.126. The molecule has 2 heterocycles. The smallest absolute Gasteiger partial charge is 0.407 e. The Morgan fingerprint density at radius 2 is 2.37 bits per heavy atom. The summed E-state index contributed by atoms with van der Waals surface area (Å²) in [5, 5.41) is 20.6. The summed E-state index contributed by atoms with van der Waals surface area (Å²) in [7, 11) is 0. The van der Waals surface area contributed by atoms with E-state index in [2.05, 4.69) is 15.6 Å². The molecule has 0 spiro atoms. The fraction of sp³-hybridized carbons (Fsp3) is 0.750. The first-order valence-electron chi connectivity index (χ1n) is 6.83. The van der Waals surface area contributed by atoms with Gasteiger partial charge in [-0.15, -0.1) is 5.10 Å². The van der Waals surface area contributed by atoms with Crippen LogP contribution in [0.2, 0.25) is 0 Å². The first-order chi connectivity index (χ1) is 9.22. The molecule has 1 atom stereocenters. The highest BCUT2D eigenvalue weighted by molar-refractivity contribution is 5.65.